The first-order valence-electron chi connectivity index (χ1n) is 4.67. The second-order valence-corrected chi connectivity index (χ2v) is 4.59. The number of rotatable bonds is 3. The number of amides is 1. The lowest BCUT2D eigenvalue weighted by Gasteiger charge is -2.04. The van der Waals surface area contributed by atoms with Crippen LogP contribution in [-0.4, -0.2) is 22.0 Å². The standard InChI is InChI=1S/C9H11N3O3S2/c1-2-4-3-5(9(14)15)8(17-4)11-6(13)7(16)12-10/h3H,2,10H2,1H3,(H,11,13)(H,12,16)(H,14,15). The van der Waals surface area contributed by atoms with Gasteiger partial charge in [-0.05, 0) is 12.5 Å². The van der Waals surface area contributed by atoms with Gasteiger partial charge in [0.2, 0.25) is 0 Å². The number of carboxylic acids is 1. The Morgan fingerprint density at radius 1 is 1.59 bits per heavy atom. The zero-order valence-corrected chi connectivity index (χ0v) is 10.6. The summed E-state index contributed by atoms with van der Waals surface area (Å²) in [5.41, 5.74) is 2.09. The normalized spacial score (nSPS) is 9.76. The number of hydrogen-bond donors (Lipinski definition) is 4. The number of carbonyl (C=O) groups is 2. The molecule has 92 valence electrons. The van der Waals surface area contributed by atoms with Crippen LogP contribution in [0.15, 0.2) is 6.07 Å². The molecule has 0 aromatic carbocycles. The van der Waals surface area contributed by atoms with Crippen molar-refractivity contribution >= 4 is 45.4 Å². The van der Waals surface area contributed by atoms with Gasteiger partial charge in [-0.1, -0.05) is 19.1 Å². The average molecular weight is 273 g/mol. The summed E-state index contributed by atoms with van der Waals surface area (Å²) in [5, 5.41) is 11.6. The highest BCUT2D eigenvalue weighted by Crippen LogP contribution is 2.28. The molecular formula is C9H11N3O3S2. The van der Waals surface area contributed by atoms with E-state index in [2.05, 4.69) is 17.5 Å². The molecule has 1 aromatic heterocycles. The van der Waals surface area contributed by atoms with Gasteiger partial charge < -0.3 is 15.8 Å². The second-order valence-electron chi connectivity index (χ2n) is 3.04. The number of thiocarbonyl (C=S) groups is 1. The molecule has 0 unspecified atom stereocenters. The van der Waals surface area contributed by atoms with Crippen molar-refractivity contribution in [3.63, 3.8) is 0 Å². The van der Waals surface area contributed by atoms with Crippen LogP contribution in [0.2, 0.25) is 0 Å². The van der Waals surface area contributed by atoms with Crippen LogP contribution in [0, 0.1) is 0 Å². The number of aryl methyl sites for hydroxylation is 1. The molecule has 0 saturated heterocycles. The van der Waals surface area contributed by atoms with E-state index in [1.54, 1.807) is 0 Å². The number of aromatic carboxylic acids is 1. The minimum absolute atomic E-state index is 0.0556. The van der Waals surface area contributed by atoms with Gasteiger partial charge in [-0.25, -0.2) is 10.6 Å². The first-order valence-corrected chi connectivity index (χ1v) is 5.90. The lowest BCUT2D eigenvalue weighted by Crippen LogP contribution is -2.38. The van der Waals surface area contributed by atoms with Gasteiger partial charge in [0, 0.05) is 4.88 Å². The molecule has 0 bridgehead atoms. The Hall–Kier alpha value is -1.51. The van der Waals surface area contributed by atoms with Crippen LogP contribution in [0.1, 0.15) is 22.2 Å². The van der Waals surface area contributed by atoms with Gasteiger partial charge >= 0.3 is 5.97 Å². The van der Waals surface area contributed by atoms with E-state index in [0.717, 1.165) is 4.88 Å². The van der Waals surface area contributed by atoms with E-state index < -0.39 is 11.9 Å². The molecule has 8 heteroatoms. The highest BCUT2D eigenvalue weighted by atomic mass is 32.1. The summed E-state index contributed by atoms with van der Waals surface area (Å²) < 4.78 is 0. The van der Waals surface area contributed by atoms with Gasteiger partial charge in [-0.3, -0.25) is 4.79 Å². The van der Waals surface area contributed by atoms with E-state index in [1.807, 2.05) is 12.3 Å². The largest absolute Gasteiger partial charge is 0.478 e. The SMILES string of the molecule is CCc1cc(C(=O)O)c(NC(=O)C(=S)NN)s1. The zero-order chi connectivity index (χ0) is 13.0. The van der Waals surface area contributed by atoms with Crippen LogP contribution >= 0.6 is 23.6 Å². The van der Waals surface area contributed by atoms with Crippen LogP contribution < -0.4 is 16.6 Å². The fraction of sp³-hybridized carbons (Fsp3) is 0.222. The van der Waals surface area contributed by atoms with Gasteiger partial charge in [0.1, 0.15) is 5.00 Å². The molecule has 0 aliphatic rings. The maximum atomic E-state index is 11.4. The van der Waals surface area contributed by atoms with Gasteiger partial charge in [0.15, 0.2) is 4.99 Å². The molecule has 17 heavy (non-hydrogen) atoms. The summed E-state index contributed by atoms with van der Waals surface area (Å²) in [7, 11) is 0. The fourth-order valence-corrected chi connectivity index (χ4v) is 2.13. The van der Waals surface area contributed by atoms with E-state index in [0.29, 0.717) is 6.42 Å². The summed E-state index contributed by atoms with van der Waals surface area (Å²) >= 11 is 5.83. The van der Waals surface area contributed by atoms with Crippen LogP contribution in [-0.2, 0) is 11.2 Å². The minimum atomic E-state index is -1.09. The number of hydrazine groups is 1. The third-order valence-electron chi connectivity index (χ3n) is 1.93. The van der Waals surface area contributed by atoms with Gasteiger partial charge in [0.25, 0.3) is 5.91 Å². The van der Waals surface area contributed by atoms with Crippen LogP contribution in [0.25, 0.3) is 0 Å². The molecule has 0 atom stereocenters. The van der Waals surface area contributed by atoms with E-state index in [9.17, 15) is 9.59 Å². The maximum Gasteiger partial charge on any atom is 0.338 e. The number of carboxylic acid groups (broad SMARTS) is 1. The van der Waals surface area contributed by atoms with Crippen molar-refractivity contribution in [3.8, 4) is 0 Å². The highest BCUT2D eigenvalue weighted by molar-refractivity contribution is 7.82. The molecule has 0 aliphatic heterocycles. The summed E-state index contributed by atoms with van der Waals surface area (Å²) in [5.74, 6) is 3.27. The average Bonchev–Trinajstić information content (AvgIpc) is 2.71. The molecule has 1 aromatic rings. The topological polar surface area (TPSA) is 104 Å². The third kappa shape index (κ3) is 3.22. The molecule has 0 aliphatic carbocycles. The van der Waals surface area contributed by atoms with Crippen molar-refractivity contribution in [1.29, 1.82) is 0 Å². The Labute approximate surface area is 107 Å². The smallest absolute Gasteiger partial charge is 0.338 e. The van der Waals surface area contributed by atoms with Crippen LogP contribution in [0.5, 0.6) is 0 Å². The molecule has 0 saturated carbocycles. The van der Waals surface area contributed by atoms with Crippen molar-refractivity contribution in [1.82, 2.24) is 5.43 Å². The minimum Gasteiger partial charge on any atom is -0.478 e. The number of anilines is 1. The first-order chi connectivity index (χ1) is 7.99. The predicted octanol–water partition coefficient (Wildman–Crippen LogP) is 0.738. The molecule has 0 spiro atoms. The molecule has 1 amide bonds. The molecule has 0 radical (unpaired) electrons. The lowest BCUT2D eigenvalue weighted by molar-refractivity contribution is -0.110. The molecule has 1 rings (SSSR count). The Balaban J connectivity index is 2.97. The quantitative estimate of drug-likeness (QED) is 0.368. The van der Waals surface area contributed by atoms with Gasteiger partial charge in [-0.2, -0.15) is 0 Å². The van der Waals surface area contributed by atoms with E-state index >= 15 is 0 Å². The molecule has 5 N–H and O–H groups in total. The monoisotopic (exact) mass is 273 g/mol. The van der Waals surface area contributed by atoms with Crippen molar-refractivity contribution in [2.45, 2.75) is 13.3 Å². The van der Waals surface area contributed by atoms with Crippen LogP contribution in [0.4, 0.5) is 5.00 Å². The Kier molecular flexibility index (Phi) is 4.55. The van der Waals surface area contributed by atoms with E-state index in [-0.39, 0.29) is 15.6 Å². The highest BCUT2D eigenvalue weighted by Gasteiger charge is 2.18. The molecular weight excluding hydrogens is 262 g/mol. The van der Waals surface area contributed by atoms with Crippen molar-refractivity contribution in [2.75, 3.05) is 5.32 Å². The molecule has 1 heterocycles. The summed E-state index contributed by atoms with van der Waals surface area (Å²) in [6, 6.07) is 1.53. The fourth-order valence-electron chi connectivity index (χ4n) is 1.09. The second kappa shape index (κ2) is 5.71. The van der Waals surface area contributed by atoms with Crippen LogP contribution in [0.3, 0.4) is 0 Å². The Morgan fingerprint density at radius 3 is 2.71 bits per heavy atom. The third-order valence-corrected chi connectivity index (χ3v) is 3.42. The molecule has 0 fully saturated rings. The number of nitrogens with two attached hydrogens (primary N) is 1. The number of thiophene rings is 1. The maximum absolute atomic E-state index is 11.4. The number of nitrogens with one attached hydrogen (secondary N) is 2. The number of hydrogen-bond acceptors (Lipinski definition) is 5. The van der Waals surface area contributed by atoms with Gasteiger partial charge in [-0.15, -0.1) is 11.3 Å². The van der Waals surface area contributed by atoms with Crippen molar-refractivity contribution in [2.24, 2.45) is 5.84 Å². The van der Waals surface area contributed by atoms with Crippen molar-refractivity contribution in [3.05, 3.63) is 16.5 Å². The molecule has 6 nitrogen and oxygen atoms in total. The summed E-state index contributed by atoms with van der Waals surface area (Å²) in [6.07, 6.45) is 0.695. The van der Waals surface area contributed by atoms with E-state index in [1.165, 1.54) is 17.4 Å². The Bertz CT molecular complexity index is 470. The summed E-state index contributed by atoms with van der Waals surface area (Å²) in [4.78, 5) is 23.1. The van der Waals surface area contributed by atoms with Gasteiger partial charge in [0.05, 0.1) is 5.56 Å². The lowest BCUT2D eigenvalue weighted by atomic mass is 10.2. The number of carbonyl (C=O) groups excluding carboxylic acids is 1. The Morgan fingerprint density at radius 2 is 2.24 bits per heavy atom. The predicted molar refractivity (Wildman–Crippen MR) is 69.2 cm³/mol. The van der Waals surface area contributed by atoms with E-state index in [4.69, 9.17) is 10.9 Å². The van der Waals surface area contributed by atoms with Crippen molar-refractivity contribution < 1.29 is 14.7 Å². The summed E-state index contributed by atoms with van der Waals surface area (Å²) in [6.45, 7) is 1.90. The zero-order valence-electron chi connectivity index (χ0n) is 8.94. The first kappa shape index (κ1) is 13.6.